The lowest BCUT2D eigenvalue weighted by Crippen LogP contribution is -2.58. The van der Waals surface area contributed by atoms with Crippen LogP contribution in [0.1, 0.15) is 39.1 Å². The standard InChI is InChI=1S/C23H24N2O5/c1-16-6-5-9-18(14-16)20(26)24-12-10-23(11-13-24)25(19(15-30-23)22(28)29)21(27)17-7-3-2-4-8-17/h2-9,14,19H,10-13,15H2,1H3,(H,28,29)/t19-/m0/s1. The van der Waals surface area contributed by atoms with E-state index in [4.69, 9.17) is 4.74 Å². The molecule has 7 heteroatoms. The van der Waals surface area contributed by atoms with Crippen LogP contribution in [0.15, 0.2) is 54.6 Å². The number of aryl methyl sites for hydroxylation is 1. The second kappa shape index (κ2) is 7.91. The van der Waals surface area contributed by atoms with Crippen molar-refractivity contribution in [1.82, 2.24) is 9.80 Å². The molecule has 30 heavy (non-hydrogen) atoms. The average molecular weight is 408 g/mol. The molecule has 0 saturated carbocycles. The minimum absolute atomic E-state index is 0.0558. The van der Waals surface area contributed by atoms with Crippen LogP contribution in [-0.2, 0) is 9.53 Å². The number of likely N-dealkylation sites (tertiary alicyclic amines) is 1. The minimum atomic E-state index is -1.09. The minimum Gasteiger partial charge on any atom is -0.480 e. The summed E-state index contributed by atoms with van der Waals surface area (Å²) >= 11 is 0. The van der Waals surface area contributed by atoms with Gasteiger partial charge in [0.25, 0.3) is 11.8 Å². The average Bonchev–Trinajstić information content (AvgIpc) is 3.13. The van der Waals surface area contributed by atoms with Crippen molar-refractivity contribution in [3.8, 4) is 0 Å². The van der Waals surface area contributed by atoms with Gasteiger partial charge in [-0.15, -0.1) is 0 Å². The Kier molecular flexibility index (Phi) is 5.30. The molecule has 1 spiro atoms. The molecule has 2 fully saturated rings. The fourth-order valence-corrected chi connectivity index (χ4v) is 4.30. The Hall–Kier alpha value is -3.19. The van der Waals surface area contributed by atoms with E-state index in [1.807, 2.05) is 25.1 Å². The van der Waals surface area contributed by atoms with Crippen LogP contribution in [0.4, 0.5) is 0 Å². The zero-order valence-electron chi connectivity index (χ0n) is 16.8. The third-order valence-electron chi connectivity index (χ3n) is 5.88. The van der Waals surface area contributed by atoms with Crippen LogP contribution in [-0.4, -0.2) is 64.2 Å². The predicted molar refractivity (Wildman–Crippen MR) is 109 cm³/mol. The maximum Gasteiger partial charge on any atom is 0.328 e. The summed E-state index contributed by atoms with van der Waals surface area (Å²) in [6, 6.07) is 15.0. The van der Waals surface area contributed by atoms with Gasteiger partial charge in [0.15, 0.2) is 6.04 Å². The number of hydrogen-bond acceptors (Lipinski definition) is 4. The van der Waals surface area contributed by atoms with Crippen molar-refractivity contribution in [2.45, 2.75) is 31.5 Å². The number of carboxylic acid groups (broad SMARTS) is 1. The lowest BCUT2D eigenvalue weighted by molar-refractivity contribution is -0.143. The number of nitrogens with zero attached hydrogens (tertiary/aromatic N) is 2. The largest absolute Gasteiger partial charge is 0.480 e. The molecule has 2 heterocycles. The van der Waals surface area contributed by atoms with E-state index in [2.05, 4.69) is 0 Å². The number of amides is 2. The van der Waals surface area contributed by atoms with E-state index in [1.54, 1.807) is 41.3 Å². The fraction of sp³-hybridized carbons (Fsp3) is 0.348. The normalized spacial score (nSPS) is 20.4. The lowest BCUT2D eigenvalue weighted by atomic mass is 9.96. The molecule has 2 aromatic carbocycles. The first-order chi connectivity index (χ1) is 14.4. The highest BCUT2D eigenvalue weighted by Gasteiger charge is 2.54. The molecule has 0 aromatic heterocycles. The number of hydrogen-bond donors (Lipinski definition) is 1. The Morgan fingerprint density at radius 1 is 0.967 bits per heavy atom. The highest BCUT2D eigenvalue weighted by atomic mass is 16.5. The highest BCUT2D eigenvalue weighted by molar-refractivity contribution is 5.97. The van der Waals surface area contributed by atoms with Crippen LogP contribution in [0.3, 0.4) is 0 Å². The number of ether oxygens (including phenoxy) is 1. The number of carbonyl (C=O) groups is 3. The first-order valence-electron chi connectivity index (χ1n) is 10.0. The summed E-state index contributed by atoms with van der Waals surface area (Å²) in [4.78, 5) is 41.0. The maximum absolute atomic E-state index is 13.2. The zero-order valence-corrected chi connectivity index (χ0v) is 16.8. The molecule has 0 bridgehead atoms. The van der Waals surface area contributed by atoms with Crippen LogP contribution < -0.4 is 0 Å². The maximum atomic E-state index is 13.2. The van der Waals surface area contributed by atoms with Crippen molar-refractivity contribution in [2.24, 2.45) is 0 Å². The third-order valence-corrected chi connectivity index (χ3v) is 5.88. The van der Waals surface area contributed by atoms with Gasteiger partial charge in [-0.3, -0.25) is 14.5 Å². The topological polar surface area (TPSA) is 87.2 Å². The SMILES string of the molecule is Cc1cccc(C(=O)N2CCC3(CC2)OC[C@@H](C(=O)O)N3C(=O)c2ccccc2)c1. The van der Waals surface area contributed by atoms with E-state index in [0.29, 0.717) is 37.1 Å². The van der Waals surface area contributed by atoms with Crippen molar-refractivity contribution in [2.75, 3.05) is 19.7 Å². The van der Waals surface area contributed by atoms with Gasteiger partial charge in [-0.25, -0.2) is 4.79 Å². The molecule has 7 nitrogen and oxygen atoms in total. The molecular formula is C23H24N2O5. The van der Waals surface area contributed by atoms with Gasteiger partial charge in [0.2, 0.25) is 0 Å². The molecule has 0 radical (unpaired) electrons. The number of rotatable bonds is 3. The van der Waals surface area contributed by atoms with E-state index < -0.39 is 17.7 Å². The van der Waals surface area contributed by atoms with E-state index in [1.165, 1.54) is 4.90 Å². The summed E-state index contributed by atoms with van der Waals surface area (Å²) in [5.41, 5.74) is 1.04. The molecular weight excluding hydrogens is 384 g/mol. The Labute approximate surface area is 174 Å². The van der Waals surface area contributed by atoms with Gasteiger partial charge in [0.05, 0.1) is 6.61 Å². The van der Waals surface area contributed by atoms with Crippen LogP contribution in [0.25, 0.3) is 0 Å². The Morgan fingerprint density at radius 3 is 2.27 bits per heavy atom. The zero-order chi connectivity index (χ0) is 21.3. The molecule has 4 rings (SSSR count). The smallest absolute Gasteiger partial charge is 0.328 e. The van der Waals surface area contributed by atoms with Crippen LogP contribution in [0.5, 0.6) is 0 Å². The predicted octanol–water partition coefficient (Wildman–Crippen LogP) is 2.55. The van der Waals surface area contributed by atoms with Crippen molar-refractivity contribution in [1.29, 1.82) is 0 Å². The highest BCUT2D eigenvalue weighted by Crippen LogP contribution is 2.38. The second-order valence-corrected chi connectivity index (χ2v) is 7.81. The molecule has 1 atom stereocenters. The molecule has 156 valence electrons. The van der Waals surface area contributed by atoms with Gasteiger partial charge in [-0.1, -0.05) is 35.9 Å². The first-order valence-corrected chi connectivity index (χ1v) is 10.0. The van der Waals surface area contributed by atoms with Crippen molar-refractivity contribution >= 4 is 17.8 Å². The van der Waals surface area contributed by atoms with Gasteiger partial charge in [-0.2, -0.15) is 0 Å². The van der Waals surface area contributed by atoms with Gasteiger partial charge in [0.1, 0.15) is 5.72 Å². The van der Waals surface area contributed by atoms with Crippen LogP contribution in [0, 0.1) is 6.92 Å². The number of benzene rings is 2. The summed E-state index contributed by atoms with van der Waals surface area (Å²) in [6.07, 6.45) is 0.736. The summed E-state index contributed by atoms with van der Waals surface area (Å²) in [5.74, 6) is -1.52. The molecule has 2 aromatic rings. The van der Waals surface area contributed by atoms with Crippen molar-refractivity contribution in [3.05, 3.63) is 71.3 Å². The monoisotopic (exact) mass is 408 g/mol. The molecule has 1 N–H and O–H groups in total. The fourth-order valence-electron chi connectivity index (χ4n) is 4.30. The lowest BCUT2D eigenvalue weighted by Gasteiger charge is -2.44. The van der Waals surface area contributed by atoms with Crippen LogP contribution >= 0.6 is 0 Å². The Balaban J connectivity index is 1.55. The number of carboxylic acids is 1. The van der Waals surface area contributed by atoms with Gasteiger partial charge < -0.3 is 14.7 Å². The van der Waals surface area contributed by atoms with Gasteiger partial charge >= 0.3 is 5.97 Å². The Morgan fingerprint density at radius 2 is 1.63 bits per heavy atom. The van der Waals surface area contributed by atoms with Crippen LogP contribution in [0.2, 0.25) is 0 Å². The number of piperidine rings is 1. The summed E-state index contributed by atoms with van der Waals surface area (Å²) in [5, 5.41) is 9.67. The van der Waals surface area contributed by atoms with Crippen molar-refractivity contribution in [3.63, 3.8) is 0 Å². The molecule has 2 amide bonds. The summed E-state index contributed by atoms with van der Waals surface area (Å²) in [6.45, 7) is 2.66. The quantitative estimate of drug-likeness (QED) is 0.843. The molecule has 2 aliphatic heterocycles. The molecule has 2 aliphatic rings. The summed E-state index contributed by atoms with van der Waals surface area (Å²) in [7, 11) is 0. The second-order valence-electron chi connectivity index (χ2n) is 7.81. The summed E-state index contributed by atoms with van der Waals surface area (Å²) < 4.78 is 5.95. The Bertz CT molecular complexity index is 967. The first kappa shape index (κ1) is 20.1. The van der Waals surface area contributed by atoms with E-state index in [-0.39, 0.29) is 18.4 Å². The number of carbonyl (C=O) groups excluding carboxylic acids is 2. The van der Waals surface area contributed by atoms with Gasteiger partial charge in [0, 0.05) is 37.1 Å². The molecule has 0 aliphatic carbocycles. The van der Waals surface area contributed by atoms with E-state index in [9.17, 15) is 19.5 Å². The van der Waals surface area contributed by atoms with E-state index in [0.717, 1.165) is 5.56 Å². The molecule has 0 unspecified atom stereocenters. The number of aliphatic carboxylic acids is 1. The third kappa shape index (κ3) is 3.57. The van der Waals surface area contributed by atoms with E-state index >= 15 is 0 Å². The molecule has 2 saturated heterocycles. The van der Waals surface area contributed by atoms with Gasteiger partial charge in [-0.05, 0) is 31.2 Å². The van der Waals surface area contributed by atoms with Crippen molar-refractivity contribution < 1.29 is 24.2 Å².